The number of ether oxygens (including phenoxy) is 1. The standard InChI is InChI=1S/C27H29F2N7O2/c1-26(2,3)38-25(37)34-27(11-5-12-31-16-27)18-10-13-30-15-22(18)33-24-32-14-17-8-9-21(35-36(17)24)23-19(28)6-4-7-20(23)29/h4,6-10,13-15,31H,5,11-12,16H2,1-3H3,(H,32,33)(H,34,37)/t27-/m1/s1. The van der Waals surface area contributed by atoms with Gasteiger partial charge in [0, 0.05) is 18.3 Å². The summed E-state index contributed by atoms with van der Waals surface area (Å²) in [4.78, 5) is 21.6. The van der Waals surface area contributed by atoms with E-state index in [0.29, 0.717) is 30.1 Å². The number of pyridine rings is 1. The van der Waals surface area contributed by atoms with Crippen molar-refractivity contribution in [2.24, 2.45) is 0 Å². The second kappa shape index (κ2) is 9.97. The third-order valence-electron chi connectivity index (χ3n) is 6.31. The lowest BCUT2D eigenvalue weighted by Crippen LogP contribution is -2.56. The number of halogens is 2. The fourth-order valence-electron chi connectivity index (χ4n) is 4.68. The van der Waals surface area contributed by atoms with Gasteiger partial charge in [-0.3, -0.25) is 4.98 Å². The monoisotopic (exact) mass is 521 g/mol. The van der Waals surface area contributed by atoms with Gasteiger partial charge < -0.3 is 20.7 Å². The van der Waals surface area contributed by atoms with Gasteiger partial charge in [-0.05, 0) is 70.5 Å². The molecule has 198 valence electrons. The van der Waals surface area contributed by atoms with Crippen LogP contribution in [0.4, 0.5) is 25.2 Å². The fourth-order valence-corrected chi connectivity index (χ4v) is 4.68. The second-order valence-electron chi connectivity index (χ2n) is 10.3. The van der Waals surface area contributed by atoms with E-state index in [-0.39, 0.29) is 11.3 Å². The molecule has 5 rings (SSSR count). The van der Waals surface area contributed by atoms with E-state index in [9.17, 15) is 13.6 Å². The lowest BCUT2D eigenvalue weighted by molar-refractivity contribution is 0.0431. The van der Waals surface area contributed by atoms with Gasteiger partial charge in [0.1, 0.15) is 17.2 Å². The zero-order chi connectivity index (χ0) is 26.9. The maximum absolute atomic E-state index is 14.4. The number of rotatable bonds is 5. The minimum atomic E-state index is -0.770. The van der Waals surface area contributed by atoms with Gasteiger partial charge in [0.25, 0.3) is 0 Å². The van der Waals surface area contributed by atoms with Gasteiger partial charge in [-0.2, -0.15) is 9.61 Å². The van der Waals surface area contributed by atoms with Crippen LogP contribution in [0.15, 0.2) is 55.0 Å². The van der Waals surface area contributed by atoms with Crippen molar-refractivity contribution in [3.05, 3.63) is 72.2 Å². The Labute approximate surface area is 218 Å². The Morgan fingerprint density at radius 1 is 1.13 bits per heavy atom. The number of hydrogen-bond acceptors (Lipinski definition) is 7. The Kier molecular flexibility index (Phi) is 6.70. The van der Waals surface area contributed by atoms with Crippen LogP contribution in [0.5, 0.6) is 0 Å². The van der Waals surface area contributed by atoms with E-state index < -0.39 is 28.9 Å². The number of nitrogens with zero attached hydrogens (tertiary/aromatic N) is 4. The smallest absolute Gasteiger partial charge is 0.408 e. The molecule has 9 nitrogen and oxygen atoms in total. The minimum absolute atomic E-state index is 0.125. The molecule has 3 aromatic heterocycles. The van der Waals surface area contributed by atoms with Crippen LogP contribution in [-0.2, 0) is 10.3 Å². The first kappa shape index (κ1) is 25.5. The highest BCUT2D eigenvalue weighted by Gasteiger charge is 2.39. The first-order valence-electron chi connectivity index (χ1n) is 12.4. The van der Waals surface area contributed by atoms with Crippen LogP contribution in [0.1, 0.15) is 39.2 Å². The van der Waals surface area contributed by atoms with Crippen LogP contribution in [0.25, 0.3) is 16.8 Å². The first-order chi connectivity index (χ1) is 18.2. The molecule has 1 aliphatic heterocycles. The number of hydrogen-bond donors (Lipinski definition) is 3. The molecule has 0 bridgehead atoms. The molecule has 0 spiro atoms. The molecule has 4 heterocycles. The van der Waals surface area contributed by atoms with Crippen molar-refractivity contribution in [3.8, 4) is 11.3 Å². The number of fused-ring (bicyclic) bond motifs is 1. The summed E-state index contributed by atoms with van der Waals surface area (Å²) in [5.74, 6) is -1.09. The molecule has 1 saturated heterocycles. The third kappa shape index (κ3) is 5.14. The topological polar surface area (TPSA) is 105 Å². The third-order valence-corrected chi connectivity index (χ3v) is 6.31. The van der Waals surface area contributed by atoms with Crippen LogP contribution < -0.4 is 16.0 Å². The number of nitrogens with one attached hydrogen (secondary N) is 3. The number of imidazole rings is 1. The summed E-state index contributed by atoms with van der Waals surface area (Å²) < 4.78 is 35.9. The molecule has 1 aliphatic rings. The van der Waals surface area contributed by atoms with Gasteiger partial charge >= 0.3 is 6.09 Å². The van der Waals surface area contributed by atoms with Crippen molar-refractivity contribution in [1.82, 2.24) is 30.2 Å². The molecule has 0 unspecified atom stereocenters. The number of alkyl carbamates (subject to hydrolysis) is 1. The molecule has 1 atom stereocenters. The Morgan fingerprint density at radius 2 is 1.92 bits per heavy atom. The first-order valence-corrected chi connectivity index (χ1v) is 12.4. The molecular formula is C27H29F2N7O2. The van der Waals surface area contributed by atoms with Gasteiger partial charge in [0.05, 0.1) is 40.4 Å². The Balaban J connectivity index is 1.52. The molecule has 0 saturated carbocycles. The highest BCUT2D eigenvalue weighted by Crippen LogP contribution is 2.35. The van der Waals surface area contributed by atoms with Gasteiger partial charge in [-0.25, -0.2) is 18.6 Å². The molecule has 1 aromatic carbocycles. The molecule has 3 N–H and O–H groups in total. The minimum Gasteiger partial charge on any atom is -0.444 e. The van der Waals surface area contributed by atoms with Gasteiger partial charge in [0.2, 0.25) is 5.95 Å². The summed E-state index contributed by atoms with van der Waals surface area (Å²) in [5, 5.41) is 14.2. The number of carbonyl (C=O) groups excluding carboxylic acids is 1. The van der Waals surface area contributed by atoms with Gasteiger partial charge in [0.15, 0.2) is 0 Å². The van der Waals surface area contributed by atoms with E-state index >= 15 is 0 Å². The number of carbonyl (C=O) groups is 1. The maximum Gasteiger partial charge on any atom is 0.408 e. The second-order valence-corrected chi connectivity index (χ2v) is 10.3. The van der Waals surface area contributed by atoms with E-state index in [1.807, 2.05) is 26.8 Å². The predicted molar refractivity (Wildman–Crippen MR) is 139 cm³/mol. The quantitative estimate of drug-likeness (QED) is 0.343. The van der Waals surface area contributed by atoms with Crippen LogP contribution in [0, 0.1) is 11.6 Å². The highest BCUT2D eigenvalue weighted by atomic mass is 19.1. The summed E-state index contributed by atoms with van der Waals surface area (Å²) in [6.07, 6.45) is 5.90. The normalized spacial score (nSPS) is 17.8. The largest absolute Gasteiger partial charge is 0.444 e. The SMILES string of the molecule is CC(C)(C)OC(=O)N[C@]1(c2ccncc2Nc2ncc3ccc(-c4c(F)cccc4F)nn23)CCCNC1. The molecular weight excluding hydrogens is 492 g/mol. The molecule has 1 fully saturated rings. The van der Waals surface area contributed by atoms with E-state index in [1.165, 1.54) is 22.7 Å². The zero-order valence-electron chi connectivity index (χ0n) is 21.4. The summed E-state index contributed by atoms with van der Waals surface area (Å²) in [6, 6.07) is 8.76. The number of aromatic nitrogens is 4. The van der Waals surface area contributed by atoms with E-state index in [0.717, 1.165) is 18.5 Å². The van der Waals surface area contributed by atoms with Crippen LogP contribution in [0.3, 0.4) is 0 Å². The van der Waals surface area contributed by atoms with Crippen molar-refractivity contribution in [2.75, 3.05) is 18.4 Å². The zero-order valence-corrected chi connectivity index (χ0v) is 21.4. The average molecular weight is 522 g/mol. The highest BCUT2D eigenvalue weighted by molar-refractivity contribution is 5.71. The lowest BCUT2D eigenvalue weighted by Gasteiger charge is -2.40. The van der Waals surface area contributed by atoms with E-state index in [2.05, 4.69) is 31.0 Å². The lowest BCUT2D eigenvalue weighted by atomic mass is 9.82. The van der Waals surface area contributed by atoms with Crippen molar-refractivity contribution < 1.29 is 18.3 Å². The number of anilines is 2. The van der Waals surface area contributed by atoms with Gasteiger partial charge in [-0.15, -0.1) is 0 Å². The summed E-state index contributed by atoms with van der Waals surface area (Å²) in [5.41, 5.74) is 0.503. The van der Waals surface area contributed by atoms with Gasteiger partial charge in [-0.1, -0.05) is 6.07 Å². The molecule has 4 aromatic rings. The summed E-state index contributed by atoms with van der Waals surface area (Å²) >= 11 is 0. The van der Waals surface area contributed by atoms with Crippen LogP contribution >= 0.6 is 0 Å². The van der Waals surface area contributed by atoms with Crippen molar-refractivity contribution >= 4 is 23.2 Å². The number of piperidine rings is 1. The summed E-state index contributed by atoms with van der Waals surface area (Å²) in [7, 11) is 0. The van der Waals surface area contributed by atoms with Crippen molar-refractivity contribution in [2.45, 2.75) is 44.8 Å². The Bertz CT molecular complexity index is 1460. The summed E-state index contributed by atoms with van der Waals surface area (Å²) in [6.45, 7) is 6.76. The Hall–Kier alpha value is -4.12. The van der Waals surface area contributed by atoms with Crippen molar-refractivity contribution in [1.29, 1.82) is 0 Å². The molecule has 11 heteroatoms. The number of benzene rings is 1. The molecule has 0 aliphatic carbocycles. The fraction of sp³-hybridized carbons (Fsp3) is 0.333. The van der Waals surface area contributed by atoms with E-state index in [4.69, 9.17) is 4.74 Å². The average Bonchev–Trinajstić information content (AvgIpc) is 3.25. The molecule has 0 radical (unpaired) electrons. The molecule has 1 amide bonds. The molecule has 38 heavy (non-hydrogen) atoms. The van der Waals surface area contributed by atoms with Crippen LogP contribution in [-0.4, -0.2) is 44.4 Å². The maximum atomic E-state index is 14.4. The van der Waals surface area contributed by atoms with Crippen molar-refractivity contribution in [3.63, 3.8) is 0 Å². The Morgan fingerprint density at radius 3 is 2.63 bits per heavy atom. The van der Waals surface area contributed by atoms with Crippen LogP contribution in [0.2, 0.25) is 0 Å². The number of amides is 1. The predicted octanol–water partition coefficient (Wildman–Crippen LogP) is 4.92. The van der Waals surface area contributed by atoms with E-state index in [1.54, 1.807) is 30.7 Å².